The van der Waals surface area contributed by atoms with Gasteiger partial charge in [-0.05, 0) is 115 Å². The molecule has 18 heteroatoms. The molecule has 1 atom stereocenters. The van der Waals surface area contributed by atoms with Crippen molar-refractivity contribution in [2.24, 2.45) is 0 Å². The molecule has 2 aromatic carbocycles. The number of nitrogens with one attached hydrogen (secondary N) is 4. The number of carbonyl (C=O) groups is 6. The average molecular weight is 873 g/mol. The number of carbonyl (C=O) groups excluding carboxylic acids is 5. The van der Waals surface area contributed by atoms with Gasteiger partial charge in [-0.25, -0.2) is 14.4 Å². The van der Waals surface area contributed by atoms with Gasteiger partial charge in [-0.2, -0.15) is 9.78 Å². The van der Waals surface area contributed by atoms with Gasteiger partial charge in [0.2, 0.25) is 5.91 Å². The molecule has 5 N–H and O–H groups in total. The molecule has 17 nitrogen and oxygen atoms in total. The third-order valence-electron chi connectivity index (χ3n) is 8.69. The highest BCUT2D eigenvalue weighted by molar-refractivity contribution is 7.99. The van der Waals surface area contributed by atoms with E-state index in [0.717, 1.165) is 0 Å². The number of aromatic nitrogens is 3. The summed E-state index contributed by atoms with van der Waals surface area (Å²) in [6.45, 7) is 10.2. The van der Waals surface area contributed by atoms with Gasteiger partial charge in [-0.15, -0.1) is 0 Å². The molecule has 0 unspecified atom stereocenters. The SMILES string of the molecule is CNC(=O)c1ccccc1Sc1ccc2c(/C=C/c3ccccn3)nn(C(=O)N(CCNC(=O)[C@H](CCCCNC(=O)OC(C)(C)C)NC(=O)OC(C)(C)C)CCC(=O)O)c2c1. The molecule has 2 heterocycles. The molecular weight excluding hydrogens is 817 g/mol. The maximum atomic E-state index is 14.4. The number of pyridine rings is 1. The van der Waals surface area contributed by atoms with E-state index in [4.69, 9.17) is 9.47 Å². The van der Waals surface area contributed by atoms with E-state index in [-0.39, 0.29) is 44.9 Å². The number of hydrogen-bond donors (Lipinski definition) is 5. The predicted octanol–water partition coefficient (Wildman–Crippen LogP) is 6.56. The Hall–Kier alpha value is -6.43. The summed E-state index contributed by atoms with van der Waals surface area (Å²) in [5, 5.41) is 25.6. The molecule has 0 spiro atoms. The van der Waals surface area contributed by atoms with Crippen molar-refractivity contribution < 1.29 is 43.3 Å². The lowest BCUT2D eigenvalue weighted by Gasteiger charge is -2.25. The number of alkyl carbamates (subject to hydrolysis) is 2. The fourth-order valence-corrected chi connectivity index (χ4v) is 6.87. The summed E-state index contributed by atoms with van der Waals surface area (Å²) in [6, 6.07) is 16.4. The van der Waals surface area contributed by atoms with E-state index in [1.165, 1.54) is 21.3 Å². The highest BCUT2D eigenvalue weighted by Crippen LogP contribution is 2.34. The number of fused-ring (bicyclic) bond motifs is 1. The van der Waals surface area contributed by atoms with Crippen LogP contribution < -0.4 is 21.3 Å². The maximum absolute atomic E-state index is 14.4. The first-order valence-electron chi connectivity index (χ1n) is 20.2. The second kappa shape index (κ2) is 22.4. The minimum atomic E-state index is -1.13. The fourth-order valence-electron chi connectivity index (χ4n) is 5.90. The van der Waals surface area contributed by atoms with E-state index in [2.05, 4.69) is 31.3 Å². The molecule has 0 saturated heterocycles. The molecule has 0 fully saturated rings. The van der Waals surface area contributed by atoms with Crippen molar-refractivity contribution in [3.05, 3.63) is 83.8 Å². The van der Waals surface area contributed by atoms with Crippen molar-refractivity contribution in [1.29, 1.82) is 0 Å². The maximum Gasteiger partial charge on any atom is 0.408 e. The zero-order chi connectivity index (χ0) is 45.5. The number of nitrogens with zero attached hydrogens (tertiary/aromatic N) is 4. The third kappa shape index (κ3) is 15.6. The molecule has 332 valence electrons. The number of ether oxygens (including phenoxy) is 2. The van der Waals surface area contributed by atoms with Crippen LogP contribution in [0, 0.1) is 0 Å². The quantitative estimate of drug-likeness (QED) is 0.0671. The lowest BCUT2D eigenvalue weighted by Crippen LogP contribution is -2.50. The van der Waals surface area contributed by atoms with Gasteiger partial charge in [-0.3, -0.25) is 19.4 Å². The fraction of sp³-hybridized carbons (Fsp3) is 0.409. The van der Waals surface area contributed by atoms with Crippen LogP contribution in [0.2, 0.25) is 0 Å². The first kappa shape index (κ1) is 48.2. The number of carboxylic acid groups (broad SMARTS) is 1. The van der Waals surface area contributed by atoms with E-state index in [0.29, 0.717) is 50.5 Å². The average Bonchev–Trinajstić information content (AvgIpc) is 3.56. The molecule has 4 rings (SSSR count). The Balaban J connectivity index is 1.57. The van der Waals surface area contributed by atoms with Crippen LogP contribution in [-0.4, -0.2) is 111 Å². The van der Waals surface area contributed by atoms with E-state index < -0.39 is 47.3 Å². The Morgan fingerprint density at radius 3 is 2.24 bits per heavy atom. The van der Waals surface area contributed by atoms with Crippen molar-refractivity contribution in [3.8, 4) is 0 Å². The lowest BCUT2D eigenvalue weighted by atomic mass is 10.1. The Morgan fingerprint density at radius 2 is 1.56 bits per heavy atom. The molecule has 0 bridgehead atoms. The molecule has 0 saturated carbocycles. The summed E-state index contributed by atoms with van der Waals surface area (Å²) < 4.78 is 11.9. The second-order valence-electron chi connectivity index (χ2n) is 16.1. The number of hydrogen-bond acceptors (Lipinski definition) is 11. The molecule has 2 aromatic heterocycles. The monoisotopic (exact) mass is 872 g/mol. The molecule has 5 amide bonds. The zero-order valence-electron chi connectivity index (χ0n) is 36.2. The summed E-state index contributed by atoms with van der Waals surface area (Å²) in [7, 11) is 1.55. The van der Waals surface area contributed by atoms with Gasteiger partial charge in [0.1, 0.15) is 17.2 Å². The molecule has 0 aliphatic heterocycles. The molecule has 4 aromatic rings. The van der Waals surface area contributed by atoms with Crippen LogP contribution >= 0.6 is 11.8 Å². The standard InChI is InChI=1S/C44H56N8O9S/c1-43(2,3)60-40(57)48-24-13-11-16-34(49-41(58)61-44(4,5)6)39(56)47-25-27-51(26-22-37(53)54)42(59)52-35-28-30(62-36-17-9-8-15-32(36)38(55)45-7)19-20-31(35)33(50-52)21-18-29-14-10-12-23-46-29/h8-10,12,14-15,17-21,23,28,34H,11,13,16,22,24-27H2,1-7H3,(H,45,55)(H,47,56)(H,48,57)(H,49,58)(H,53,54)/b21-18+/t34-/m0/s1. The number of carboxylic acids is 1. The largest absolute Gasteiger partial charge is 0.481 e. The number of rotatable bonds is 18. The van der Waals surface area contributed by atoms with Crippen molar-refractivity contribution in [1.82, 2.24) is 40.9 Å². The van der Waals surface area contributed by atoms with E-state index in [9.17, 15) is 33.9 Å². The molecule has 0 aliphatic carbocycles. The molecule has 62 heavy (non-hydrogen) atoms. The van der Waals surface area contributed by atoms with Crippen molar-refractivity contribution in [2.75, 3.05) is 33.2 Å². The summed E-state index contributed by atoms with van der Waals surface area (Å²) in [6.07, 6.45) is 4.52. The second-order valence-corrected chi connectivity index (χ2v) is 17.2. The normalized spacial score (nSPS) is 12.0. The highest BCUT2D eigenvalue weighted by atomic mass is 32.2. The van der Waals surface area contributed by atoms with Gasteiger partial charge in [-0.1, -0.05) is 30.0 Å². The van der Waals surface area contributed by atoms with Gasteiger partial charge < -0.3 is 40.7 Å². The van der Waals surface area contributed by atoms with Crippen LogP contribution in [0.1, 0.15) is 89.0 Å². The van der Waals surface area contributed by atoms with Crippen LogP contribution in [0.15, 0.2) is 76.7 Å². The third-order valence-corrected chi connectivity index (χ3v) is 9.76. The number of amides is 5. The van der Waals surface area contributed by atoms with Gasteiger partial charge in [0.05, 0.1) is 28.9 Å². The Bertz CT molecular complexity index is 2230. The van der Waals surface area contributed by atoms with Crippen molar-refractivity contribution in [2.45, 2.75) is 94.3 Å². The van der Waals surface area contributed by atoms with Gasteiger partial charge in [0.25, 0.3) is 5.91 Å². The van der Waals surface area contributed by atoms with Gasteiger partial charge in [0, 0.05) is 54.6 Å². The Kier molecular flexibility index (Phi) is 17.4. The van der Waals surface area contributed by atoms with Crippen LogP contribution in [0.4, 0.5) is 14.4 Å². The van der Waals surface area contributed by atoms with Crippen molar-refractivity contribution in [3.63, 3.8) is 0 Å². The lowest BCUT2D eigenvalue weighted by molar-refractivity contribution is -0.137. The first-order chi connectivity index (χ1) is 29.3. The summed E-state index contributed by atoms with van der Waals surface area (Å²) in [5.74, 6) is -1.93. The molecular formula is C44H56N8O9S. The van der Waals surface area contributed by atoms with E-state index in [1.807, 2.05) is 36.4 Å². The minimum absolute atomic E-state index is 0.0973. The van der Waals surface area contributed by atoms with Crippen LogP contribution in [0.25, 0.3) is 23.1 Å². The zero-order valence-corrected chi connectivity index (χ0v) is 37.0. The predicted molar refractivity (Wildman–Crippen MR) is 236 cm³/mol. The van der Waals surface area contributed by atoms with Crippen molar-refractivity contribution >= 4 is 70.8 Å². The van der Waals surface area contributed by atoms with Crippen LogP contribution in [0.3, 0.4) is 0 Å². The summed E-state index contributed by atoms with van der Waals surface area (Å²) in [5.41, 5.74) is 0.528. The van der Waals surface area contributed by atoms with Gasteiger partial charge in [0.15, 0.2) is 0 Å². The van der Waals surface area contributed by atoms with Gasteiger partial charge >= 0.3 is 24.2 Å². The summed E-state index contributed by atoms with van der Waals surface area (Å²) in [4.78, 5) is 84.2. The Labute approximate surface area is 365 Å². The Morgan fingerprint density at radius 1 is 0.855 bits per heavy atom. The topological polar surface area (TPSA) is 223 Å². The number of aliphatic carboxylic acids is 1. The van der Waals surface area contributed by atoms with Crippen LogP contribution in [-0.2, 0) is 19.1 Å². The minimum Gasteiger partial charge on any atom is -0.481 e. The number of unbranched alkanes of at least 4 members (excludes halogenated alkanes) is 1. The van der Waals surface area contributed by atoms with E-state index in [1.54, 1.807) is 91.2 Å². The van der Waals surface area contributed by atoms with E-state index >= 15 is 0 Å². The smallest absolute Gasteiger partial charge is 0.408 e. The molecule has 0 aliphatic rings. The first-order valence-corrected chi connectivity index (χ1v) is 21.0. The summed E-state index contributed by atoms with van der Waals surface area (Å²) >= 11 is 1.33. The number of benzene rings is 2. The van der Waals surface area contributed by atoms with Crippen LogP contribution in [0.5, 0.6) is 0 Å². The highest BCUT2D eigenvalue weighted by Gasteiger charge is 2.26. The molecule has 0 radical (unpaired) electrons.